The van der Waals surface area contributed by atoms with Gasteiger partial charge in [0.1, 0.15) is 0 Å². The largest absolute Gasteiger partial charge is 0.469 e. The number of fused-ring (bicyclic) bond motifs is 1. The van der Waals surface area contributed by atoms with Crippen LogP contribution in [0.1, 0.15) is 18.2 Å². The number of hydrogen-bond donors (Lipinski definition) is 1. The molecule has 0 saturated carbocycles. The SMILES string of the molecule is COC(=O)Cc1[nH]n(-c2ccc([N+](=O)[O-])cc2)c(=O)c1C(C)=Nc1cccc2ccccc12. The molecule has 0 aliphatic carbocycles. The molecule has 1 heterocycles. The van der Waals surface area contributed by atoms with E-state index in [-0.39, 0.29) is 17.7 Å². The maximum atomic E-state index is 13.3. The Balaban J connectivity index is 1.85. The van der Waals surface area contributed by atoms with Gasteiger partial charge < -0.3 is 4.74 Å². The molecule has 0 saturated heterocycles. The molecule has 33 heavy (non-hydrogen) atoms. The Morgan fingerprint density at radius 2 is 1.79 bits per heavy atom. The van der Waals surface area contributed by atoms with Gasteiger partial charge in [-0.3, -0.25) is 29.8 Å². The van der Waals surface area contributed by atoms with Crippen LogP contribution >= 0.6 is 0 Å². The molecule has 0 bridgehead atoms. The van der Waals surface area contributed by atoms with Gasteiger partial charge in [-0.1, -0.05) is 36.4 Å². The van der Waals surface area contributed by atoms with Crippen molar-refractivity contribution in [3.8, 4) is 5.69 Å². The molecule has 0 radical (unpaired) electrons. The third-order valence-electron chi connectivity index (χ3n) is 5.25. The predicted molar refractivity (Wildman–Crippen MR) is 125 cm³/mol. The lowest BCUT2D eigenvalue weighted by molar-refractivity contribution is -0.384. The summed E-state index contributed by atoms with van der Waals surface area (Å²) in [5.74, 6) is -0.522. The molecule has 9 heteroatoms. The normalized spacial score (nSPS) is 11.5. The number of carbonyl (C=O) groups excluding carboxylic acids is 1. The van der Waals surface area contributed by atoms with Gasteiger partial charge in [0.2, 0.25) is 0 Å². The molecule has 0 unspecified atom stereocenters. The van der Waals surface area contributed by atoms with Gasteiger partial charge in [-0.25, -0.2) is 4.68 Å². The van der Waals surface area contributed by atoms with Gasteiger partial charge in [0.15, 0.2) is 0 Å². The number of aromatic nitrogens is 2. The highest BCUT2D eigenvalue weighted by atomic mass is 16.6. The van der Waals surface area contributed by atoms with Crippen molar-refractivity contribution in [2.45, 2.75) is 13.3 Å². The summed E-state index contributed by atoms with van der Waals surface area (Å²) in [5.41, 5.74) is 1.56. The van der Waals surface area contributed by atoms with Crippen LogP contribution in [0, 0.1) is 10.1 Å². The molecule has 0 spiro atoms. The maximum Gasteiger partial charge on any atom is 0.311 e. The molecule has 0 atom stereocenters. The average Bonchev–Trinajstić information content (AvgIpc) is 3.14. The molecule has 4 rings (SSSR count). The summed E-state index contributed by atoms with van der Waals surface area (Å²) in [7, 11) is 1.27. The molecule has 0 amide bonds. The first-order valence-corrected chi connectivity index (χ1v) is 10.1. The first-order valence-electron chi connectivity index (χ1n) is 10.1. The minimum atomic E-state index is -0.522. The molecule has 9 nitrogen and oxygen atoms in total. The Labute approximate surface area is 188 Å². The van der Waals surface area contributed by atoms with Crippen LogP contribution in [0.15, 0.2) is 76.5 Å². The van der Waals surface area contributed by atoms with E-state index in [1.54, 1.807) is 6.92 Å². The van der Waals surface area contributed by atoms with E-state index in [9.17, 15) is 19.7 Å². The van der Waals surface area contributed by atoms with Crippen LogP contribution in [-0.4, -0.2) is 33.5 Å². The molecule has 1 aromatic heterocycles. The molecule has 0 fully saturated rings. The zero-order valence-electron chi connectivity index (χ0n) is 17.9. The number of esters is 1. The van der Waals surface area contributed by atoms with Gasteiger partial charge in [-0.15, -0.1) is 0 Å². The number of non-ortho nitro benzene ring substituents is 1. The van der Waals surface area contributed by atoms with E-state index in [4.69, 9.17) is 9.73 Å². The first kappa shape index (κ1) is 21.7. The maximum absolute atomic E-state index is 13.3. The number of nitro groups is 1. The summed E-state index contributed by atoms with van der Waals surface area (Å²) in [4.78, 5) is 40.5. The van der Waals surface area contributed by atoms with E-state index < -0.39 is 16.5 Å². The van der Waals surface area contributed by atoms with Crippen molar-refractivity contribution in [2.75, 3.05) is 7.11 Å². The van der Waals surface area contributed by atoms with Crippen molar-refractivity contribution in [3.05, 3.63) is 98.5 Å². The summed E-state index contributed by atoms with van der Waals surface area (Å²) >= 11 is 0. The number of ether oxygens (including phenoxy) is 1. The van der Waals surface area contributed by atoms with Crippen LogP contribution in [0.2, 0.25) is 0 Å². The van der Waals surface area contributed by atoms with Crippen molar-refractivity contribution in [3.63, 3.8) is 0 Å². The third kappa shape index (κ3) is 4.29. The second-order valence-electron chi connectivity index (χ2n) is 7.33. The van der Waals surface area contributed by atoms with Crippen LogP contribution in [0.5, 0.6) is 0 Å². The molecular weight excluding hydrogens is 424 g/mol. The van der Waals surface area contributed by atoms with Crippen molar-refractivity contribution >= 4 is 33.8 Å². The molecular formula is C24H20N4O5. The Bertz CT molecular complexity index is 1440. The Kier molecular flexibility index (Phi) is 5.86. The van der Waals surface area contributed by atoms with Crippen LogP contribution in [0.25, 0.3) is 16.5 Å². The highest BCUT2D eigenvalue weighted by Gasteiger charge is 2.21. The highest BCUT2D eigenvalue weighted by Crippen LogP contribution is 2.26. The lowest BCUT2D eigenvalue weighted by Gasteiger charge is -2.04. The van der Waals surface area contributed by atoms with Crippen molar-refractivity contribution in [1.29, 1.82) is 0 Å². The van der Waals surface area contributed by atoms with Gasteiger partial charge in [-0.2, -0.15) is 0 Å². The smallest absolute Gasteiger partial charge is 0.311 e. The van der Waals surface area contributed by atoms with E-state index in [1.165, 1.54) is 36.1 Å². The topological polar surface area (TPSA) is 120 Å². The number of nitrogens with one attached hydrogen (secondary N) is 1. The fourth-order valence-electron chi connectivity index (χ4n) is 3.65. The zero-order chi connectivity index (χ0) is 23.5. The number of nitrogens with zero attached hydrogens (tertiary/aromatic N) is 3. The number of methoxy groups -OCH3 is 1. The van der Waals surface area contributed by atoms with Crippen LogP contribution in [0.4, 0.5) is 11.4 Å². The Hall–Kier alpha value is -4.53. The fraction of sp³-hybridized carbons (Fsp3) is 0.125. The molecule has 1 N–H and O–H groups in total. The first-order chi connectivity index (χ1) is 15.9. The highest BCUT2D eigenvalue weighted by molar-refractivity contribution is 6.04. The third-order valence-corrected chi connectivity index (χ3v) is 5.25. The van der Waals surface area contributed by atoms with Gasteiger partial charge >= 0.3 is 5.97 Å². The lowest BCUT2D eigenvalue weighted by atomic mass is 10.1. The van der Waals surface area contributed by atoms with Crippen LogP contribution in [0.3, 0.4) is 0 Å². The Morgan fingerprint density at radius 3 is 2.48 bits per heavy atom. The predicted octanol–water partition coefficient (Wildman–Crippen LogP) is 4.08. The summed E-state index contributed by atoms with van der Waals surface area (Å²) in [6, 6.07) is 19.0. The van der Waals surface area contributed by atoms with Gasteiger partial charge in [0, 0.05) is 17.5 Å². The van der Waals surface area contributed by atoms with E-state index in [1.807, 2.05) is 42.5 Å². The van der Waals surface area contributed by atoms with E-state index in [2.05, 4.69) is 5.10 Å². The van der Waals surface area contributed by atoms with E-state index in [0.717, 1.165) is 10.8 Å². The minimum absolute atomic E-state index is 0.0953. The fourth-order valence-corrected chi connectivity index (χ4v) is 3.65. The van der Waals surface area contributed by atoms with E-state index in [0.29, 0.717) is 22.8 Å². The monoisotopic (exact) mass is 444 g/mol. The minimum Gasteiger partial charge on any atom is -0.469 e. The summed E-state index contributed by atoms with van der Waals surface area (Å²) in [6.07, 6.45) is -0.163. The standard InChI is InChI=1S/C24H20N4O5/c1-15(25-20-9-5-7-16-6-3-4-8-19(16)20)23-21(14-22(29)33-2)26-27(24(23)30)17-10-12-18(13-11-17)28(31)32/h3-13,26H,14H2,1-2H3. The van der Waals surface area contributed by atoms with Crippen molar-refractivity contribution < 1.29 is 14.5 Å². The van der Waals surface area contributed by atoms with Gasteiger partial charge in [0.25, 0.3) is 11.2 Å². The van der Waals surface area contributed by atoms with Crippen molar-refractivity contribution in [1.82, 2.24) is 9.78 Å². The molecule has 3 aromatic carbocycles. The second kappa shape index (κ2) is 8.91. The quantitative estimate of drug-likeness (QED) is 0.208. The molecule has 0 aliphatic rings. The number of H-pyrrole nitrogens is 1. The van der Waals surface area contributed by atoms with Crippen LogP contribution < -0.4 is 5.56 Å². The lowest BCUT2D eigenvalue weighted by Crippen LogP contribution is -2.20. The number of rotatable bonds is 6. The summed E-state index contributed by atoms with van der Waals surface area (Å²) in [6.45, 7) is 1.70. The number of carbonyl (C=O) groups is 1. The van der Waals surface area contributed by atoms with Crippen molar-refractivity contribution in [2.24, 2.45) is 4.99 Å². The number of benzene rings is 3. The van der Waals surface area contributed by atoms with Gasteiger partial charge in [0.05, 0.1) is 46.8 Å². The van der Waals surface area contributed by atoms with Gasteiger partial charge in [-0.05, 0) is 30.5 Å². The van der Waals surface area contributed by atoms with Crippen LogP contribution in [-0.2, 0) is 16.0 Å². The Morgan fingerprint density at radius 1 is 1.09 bits per heavy atom. The second-order valence-corrected chi connectivity index (χ2v) is 7.33. The average molecular weight is 444 g/mol. The van der Waals surface area contributed by atoms with E-state index >= 15 is 0 Å². The molecule has 166 valence electrons. The number of nitro benzene ring substituents is 1. The summed E-state index contributed by atoms with van der Waals surface area (Å²) in [5, 5.41) is 15.8. The zero-order valence-corrected chi connectivity index (χ0v) is 17.9. The number of hydrogen-bond acceptors (Lipinski definition) is 6. The molecule has 0 aliphatic heterocycles. The summed E-state index contributed by atoms with van der Waals surface area (Å²) < 4.78 is 6.01. The molecule has 4 aromatic rings. The number of aliphatic imine (C=N–C) groups is 1. The number of aromatic amines is 1.